The zero-order valence-corrected chi connectivity index (χ0v) is 21.6. The Bertz CT molecular complexity index is 1310. The molecule has 0 aliphatic heterocycles. The average molecular weight is 510 g/mol. The van der Waals surface area contributed by atoms with Gasteiger partial charge in [-0.15, -0.1) is 0 Å². The van der Waals surface area contributed by atoms with Crippen LogP contribution in [0, 0.1) is 0 Å². The molecule has 0 saturated heterocycles. The van der Waals surface area contributed by atoms with Crippen molar-refractivity contribution in [2.75, 3.05) is 5.32 Å². The van der Waals surface area contributed by atoms with Crippen LogP contribution in [0.1, 0.15) is 33.3 Å². The Kier molecular flexibility index (Phi) is 6.76. The van der Waals surface area contributed by atoms with E-state index in [0.717, 1.165) is 18.3 Å². The fourth-order valence-corrected chi connectivity index (χ4v) is 5.83. The maximum Gasteiger partial charge on any atom is 0.416 e. The smallest absolute Gasteiger partial charge is 0.296 e. The number of carbonyl (C=O) groups excluding carboxylic acids is 1. The SMILES string of the molecule is C[C@@H](C(=O)Nc1nc(=O)c(-c2ccccc2Cl)c2cc(C(F)(F)F)ccn12)[Si](C)(C)C(C)(C)C. The van der Waals surface area contributed by atoms with Gasteiger partial charge in [0.2, 0.25) is 11.9 Å². The highest BCUT2D eigenvalue weighted by molar-refractivity contribution is 6.84. The summed E-state index contributed by atoms with van der Waals surface area (Å²) in [5, 5.41) is 2.81. The summed E-state index contributed by atoms with van der Waals surface area (Å²) in [6.45, 7) is 12.3. The van der Waals surface area contributed by atoms with Gasteiger partial charge in [0.25, 0.3) is 5.56 Å². The van der Waals surface area contributed by atoms with Crippen molar-refractivity contribution in [3.05, 3.63) is 63.5 Å². The number of fused-ring (bicyclic) bond motifs is 1. The number of aromatic nitrogens is 2. The van der Waals surface area contributed by atoms with Crippen molar-refractivity contribution in [3.8, 4) is 11.1 Å². The van der Waals surface area contributed by atoms with E-state index in [4.69, 9.17) is 11.6 Å². The van der Waals surface area contributed by atoms with E-state index >= 15 is 0 Å². The van der Waals surface area contributed by atoms with E-state index in [1.165, 1.54) is 10.5 Å². The number of nitrogens with zero attached hydrogens (tertiary/aromatic N) is 2. The van der Waals surface area contributed by atoms with Crippen LogP contribution in [0.15, 0.2) is 47.4 Å². The highest BCUT2D eigenvalue weighted by Crippen LogP contribution is 2.43. The first-order valence-electron chi connectivity index (χ1n) is 10.7. The first-order chi connectivity index (χ1) is 15.6. The topological polar surface area (TPSA) is 63.5 Å². The molecule has 5 nitrogen and oxygen atoms in total. The third-order valence-corrected chi connectivity index (χ3v) is 13.6. The molecule has 3 rings (SSSR count). The Balaban J connectivity index is 2.22. The van der Waals surface area contributed by atoms with Crippen LogP contribution >= 0.6 is 11.6 Å². The molecule has 3 aromatic rings. The molecule has 0 unspecified atom stereocenters. The number of rotatable bonds is 4. The van der Waals surface area contributed by atoms with Crippen molar-refractivity contribution >= 4 is 37.0 Å². The van der Waals surface area contributed by atoms with Gasteiger partial charge in [-0.1, -0.05) is 70.6 Å². The molecule has 2 aromatic heterocycles. The summed E-state index contributed by atoms with van der Waals surface area (Å²) in [6.07, 6.45) is -3.48. The number of benzene rings is 1. The van der Waals surface area contributed by atoms with Gasteiger partial charge in [-0.2, -0.15) is 18.2 Å². The highest BCUT2D eigenvalue weighted by atomic mass is 35.5. The molecule has 2 heterocycles. The largest absolute Gasteiger partial charge is 0.416 e. The first-order valence-corrected chi connectivity index (χ1v) is 14.2. The molecule has 0 bridgehead atoms. The summed E-state index contributed by atoms with van der Waals surface area (Å²) in [5.74, 6) is -0.474. The second kappa shape index (κ2) is 8.85. The summed E-state index contributed by atoms with van der Waals surface area (Å²) >= 11 is 6.26. The van der Waals surface area contributed by atoms with Gasteiger partial charge in [-0.3, -0.25) is 19.3 Å². The predicted molar refractivity (Wildman–Crippen MR) is 132 cm³/mol. The Morgan fingerprint density at radius 1 is 1.15 bits per heavy atom. The van der Waals surface area contributed by atoms with Crippen LogP contribution in [0.4, 0.5) is 19.1 Å². The van der Waals surface area contributed by atoms with Gasteiger partial charge in [0.1, 0.15) is 0 Å². The number of amides is 1. The minimum absolute atomic E-state index is 0.0572. The summed E-state index contributed by atoms with van der Waals surface area (Å²) < 4.78 is 41.8. The van der Waals surface area contributed by atoms with Gasteiger partial charge in [0, 0.05) is 22.3 Å². The third kappa shape index (κ3) is 4.77. The van der Waals surface area contributed by atoms with E-state index in [2.05, 4.69) is 44.2 Å². The van der Waals surface area contributed by atoms with Gasteiger partial charge in [0.05, 0.1) is 24.7 Å². The van der Waals surface area contributed by atoms with Crippen molar-refractivity contribution in [2.24, 2.45) is 0 Å². The molecule has 1 N–H and O–H groups in total. The number of nitrogens with one attached hydrogen (secondary N) is 1. The van der Waals surface area contributed by atoms with Gasteiger partial charge in [0.15, 0.2) is 0 Å². The Morgan fingerprint density at radius 3 is 2.32 bits per heavy atom. The van der Waals surface area contributed by atoms with Crippen LogP contribution in [0.5, 0.6) is 0 Å². The normalized spacial score (nSPS) is 13.7. The van der Waals surface area contributed by atoms with Crippen molar-refractivity contribution in [1.29, 1.82) is 0 Å². The lowest BCUT2D eigenvalue weighted by molar-refractivity contribution is -0.137. The quantitative estimate of drug-likeness (QED) is 0.390. The second-order valence-corrected chi connectivity index (χ2v) is 16.2. The third-order valence-electron chi connectivity index (χ3n) is 6.97. The number of anilines is 1. The maximum atomic E-state index is 13.5. The van der Waals surface area contributed by atoms with Crippen LogP contribution in [0.25, 0.3) is 16.6 Å². The van der Waals surface area contributed by atoms with E-state index in [0.29, 0.717) is 0 Å². The lowest BCUT2D eigenvalue weighted by atomic mass is 10.0. The van der Waals surface area contributed by atoms with E-state index < -0.39 is 25.4 Å². The lowest BCUT2D eigenvalue weighted by Gasteiger charge is -2.40. The standard InChI is InChI=1S/C24H27ClF3N3O2Si/c1-14(34(5,6)23(2,3)4)20(32)29-22-30-21(33)19(16-9-7-8-10-17(16)25)18-13-15(24(26,27)28)11-12-31(18)22/h7-14H,1-6H3,(H,29,30,32,33)/t14-/m0/s1. The number of pyridine rings is 1. The van der Waals surface area contributed by atoms with E-state index in [1.807, 2.05) is 6.92 Å². The van der Waals surface area contributed by atoms with E-state index in [-0.39, 0.29) is 44.1 Å². The molecule has 0 aliphatic carbocycles. The van der Waals surface area contributed by atoms with Gasteiger partial charge < -0.3 is 0 Å². The van der Waals surface area contributed by atoms with Crippen LogP contribution in [-0.4, -0.2) is 23.4 Å². The molecule has 0 spiro atoms. The fourth-order valence-electron chi connectivity index (χ4n) is 3.57. The van der Waals surface area contributed by atoms with Crippen LogP contribution in [-0.2, 0) is 11.0 Å². The molecule has 0 aliphatic rings. The maximum absolute atomic E-state index is 13.5. The summed E-state index contributed by atoms with van der Waals surface area (Å²) in [4.78, 5) is 30.3. The Morgan fingerprint density at radius 2 is 1.76 bits per heavy atom. The van der Waals surface area contributed by atoms with Crippen LogP contribution in [0.3, 0.4) is 0 Å². The van der Waals surface area contributed by atoms with Gasteiger partial charge >= 0.3 is 6.18 Å². The zero-order chi connectivity index (χ0) is 25.6. The summed E-state index contributed by atoms with van der Waals surface area (Å²) in [5.41, 5.74) is -1.95. The summed E-state index contributed by atoms with van der Waals surface area (Å²) in [6, 6.07) is 8.10. The highest BCUT2D eigenvalue weighted by Gasteiger charge is 2.43. The number of halogens is 4. The van der Waals surface area contributed by atoms with Crippen LogP contribution in [0.2, 0.25) is 28.7 Å². The molecule has 1 aromatic carbocycles. The molecule has 0 fully saturated rings. The zero-order valence-electron chi connectivity index (χ0n) is 19.8. The minimum atomic E-state index is -4.63. The minimum Gasteiger partial charge on any atom is -0.296 e. The fraction of sp³-hybridized carbons (Fsp3) is 0.375. The van der Waals surface area contributed by atoms with E-state index in [9.17, 15) is 22.8 Å². The lowest BCUT2D eigenvalue weighted by Crippen LogP contribution is -2.46. The van der Waals surface area contributed by atoms with Crippen molar-refractivity contribution in [3.63, 3.8) is 0 Å². The number of carbonyl (C=O) groups is 1. The second-order valence-electron chi connectivity index (χ2n) is 9.95. The molecule has 1 atom stereocenters. The van der Waals surface area contributed by atoms with Gasteiger partial charge in [-0.05, 0) is 23.2 Å². The molecule has 182 valence electrons. The number of alkyl halides is 3. The molecule has 1 amide bonds. The molecular weight excluding hydrogens is 483 g/mol. The molecule has 0 saturated carbocycles. The van der Waals surface area contributed by atoms with Crippen molar-refractivity contribution in [2.45, 2.75) is 57.5 Å². The monoisotopic (exact) mass is 509 g/mol. The average Bonchev–Trinajstić information content (AvgIpc) is 2.72. The Hall–Kier alpha value is -2.65. The van der Waals surface area contributed by atoms with E-state index in [1.54, 1.807) is 18.2 Å². The molecule has 10 heteroatoms. The molecule has 0 radical (unpaired) electrons. The number of hydrogen-bond donors (Lipinski definition) is 1. The Labute approximate surface area is 202 Å². The van der Waals surface area contributed by atoms with Crippen LogP contribution < -0.4 is 10.9 Å². The number of hydrogen-bond acceptors (Lipinski definition) is 3. The predicted octanol–water partition coefficient (Wildman–Crippen LogP) is 6.87. The molecular formula is C24H27ClF3N3O2Si. The van der Waals surface area contributed by atoms with Gasteiger partial charge in [-0.25, -0.2) is 0 Å². The van der Waals surface area contributed by atoms with Crippen molar-refractivity contribution in [1.82, 2.24) is 9.38 Å². The summed E-state index contributed by atoms with van der Waals surface area (Å²) in [7, 11) is -2.10. The molecule has 34 heavy (non-hydrogen) atoms. The first kappa shape index (κ1) is 26.0. The van der Waals surface area contributed by atoms with Crippen molar-refractivity contribution < 1.29 is 18.0 Å².